The molecule has 1 aromatic carbocycles. The van der Waals surface area contributed by atoms with Crippen LogP contribution >= 0.6 is 0 Å². The zero-order valence-corrected chi connectivity index (χ0v) is 16.2. The van der Waals surface area contributed by atoms with Crippen LogP contribution in [0.15, 0.2) is 48.8 Å². The molecule has 2 amide bonds. The third-order valence-corrected chi connectivity index (χ3v) is 5.25. The monoisotopic (exact) mass is 381 g/mol. The Morgan fingerprint density at radius 3 is 2.29 bits per heavy atom. The normalized spacial score (nSPS) is 15.9. The van der Waals surface area contributed by atoms with E-state index in [0.717, 1.165) is 17.5 Å². The van der Waals surface area contributed by atoms with Crippen LogP contribution in [0.3, 0.4) is 0 Å². The molecule has 0 aliphatic carbocycles. The summed E-state index contributed by atoms with van der Waals surface area (Å²) < 4.78 is 0. The second kappa shape index (κ2) is 8.97. The predicted octanol–water partition coefficient (Wildman–Crippen LogP) is 2.63. The number of pyridine rings is 1. The Morgan fingerprint density at radius 2 is 1.68 bits per heavy atom. The molecule has 1 aliphatic heterocycles. The van der Waals surface area contributed by atoms with Crippen LogP contribution in [-0.2, 0) is 4.79 Å². The Hall–Kier alpha value is -2.73. The fraction of sp³-hybridized carbons (Fsp3) is 0.409. The maximum Gasteiger partial charge on any atom is 0.251 e. The number of amides is 2. The summed E-state index contributed by atoms with van der Waals surface area (Å²) in [5.41, 5.74) is 1.65. The highest BCUT2D eigenvalue weighted by molar-refractivity contribution is 5.94. The number of aliphatic hydroxyl groups is 1. The molecule has 28 heavy (non-hydrogen) atoms. The summed E-state index contributed by atoms with van der Waals surface area (Å²) >= 11 is 0. The number of carbonyl (C=O) groups is 2. The first kappa shape index (κ1) is 20.0. The van der Waals surface area contributed by atoms with Crippen molar-refractivity contribution in [2.45, 2.75) is 38.2 Å². The first-order chi connectivity index (χ1) is 13.5. The van der Waals surface area contributed by atoms with Crippen LogP contribution in [-0.4, -0.2) is 52.0 Å². The van der Waals surface area contributed by atoms with Crippen molar-refractivity contribution < 1.29 is 14.7 Å². The van der Waals surface area contributed by atoms with Crippen molar-refractivity contribution >= 4 is 11.8 Å². The molecule has 2 N–H and O–H groups in total. The van der Waals surface area contributed by atoms with Gasteiger partial charge in [-0.05, 0) is 54.7 Å². The first-order valence-electron chi connectivity index (χ1n) is 9.79. The van der Waals surface area contributed by atoms with Gasteiger partial charge in [-0.15, -0.1) is 0 Å². The molecular formula is C22H27N3O3. The molecule has 0 saturated carbocycles. The highest BCUT2D eigenvalue weighted by atomic mass is 16.3. The quantitative estimate of drug-likeness (QED) is 0.806. The molecule has 0 atom stereocenters. The maximum atomic E-state index is 12.4. The van der Waals surface area contributed by atoms with Crippen molar-refractivity contribution in [3.05, 3.63) is 54.4 Å². The second-order valence-electron chi connectivity index (χ2n) is 7.35. The Balaban J connectivity index is 1.52. The highest BCUT2D eigenvalue weighted by Crippen LogP contribution is 2.23. The molecule has 148 valence electrons. The summed E-state index contributed by atoms with van der Waals surface area (Å²) in [6.45, 7) is 3.24. The number of likely N-dealkylation sites (tertiary alicyclic amines) is 1. The third kappa shape index (κ3) is 4.95. The predicted molar refractivity (Wildman–Crippen MR) is 108 cm³/mol. The van der Waals surface area contributed by atoms with Gasteiger partial charge < -0.3 is 15.3 Å². The van der Waals surface area contributed by atoms with Gasteiger partial charge in [0.2, 0.25) is 5.91 Å². The van der Waals surface area contributed by atoms with Gasteiger partial charge in [-0.2, -0.15) is 0 Å². The largest absolute Gasteiger partial charge is 0.388 e. The van der Waals surface area contributed by atoms with Crippen molar-refractivity contribution in [3.63, 3.8) is 0 Å². The molecule has 0 radical (unpaired) electrons. The number of hydrogen-bond acceptors (Lipinski definition) is 4. The minimum absolute atomic E-state index is 0.142. The van der Waals surface area contributed by atoms with Gasteiger partial charge in [0.25, 0.3) is 5.91 Å². The first-order valence-corrected chi connectivity index (χ1v) is 9.79. The van der Waals surface area contributed by atoms with Crippen molar-refractivity contribution in [3.8, 4) is 11.1 Å². The number of aromatic nitrogens is 1. The topological polar surface area (TPSA) is 82.5 Å². The fourth-order valence-electron chi connectivity index (χ4n) is 3.43. The van der Waals surface area contributed by atoms with Crippen LogP contribution in [0.1, 0.15) is 43.0 Å². The molecule has 6 nitrogen and oxygen atoms in total. The summed E-state index contributed by atoms with van der Waals surface area (Å²) in [5.74, 6) is -0.0675. The zero-order valence-electron chi connectivity index (χ0n) is 16.2. The summed E-state index contributed by atoms with van der Waals surface area (Å²) in [7, 11) is 0. The third-order valence-electron chi connectivity index (χ3n) is 5.25. The lowest BCUT2D eigenvalue weighted by Gasteiger charge is -2.38. The number of benzene rings is 1. The number of rotatable bonds is 6. The van der Waals surface area contributed by atoms with Crippen LogP contribution < -0.4 is 5.32 Å². The smallest absolute Gasteiger partial charge is 0.251 e. The summed E-state index contributed by atoms with van der Waals surface area (Å²) in [4.78, 5) is 30.2. The fourth-order valence-corrected chi connectivity index (χ4v) is 3.43. The highest BCUT2D eigenvalue weighted by Gasteiger charge is 2.34. The van der Waals surface area contributed by atoms with E-state index in [2.05, 4.69) is 10.3 Å². The van der Waals surface area contributed by atoms with Gasteiger partial charge in [0.05, 0.1) is 5.60 Å². The molecule has 1 fully saturated rings. The zero-order chi connectivity index (χ0) is 20.0. The molecular weight excluding hydrogens is 354 g/mol. The number of carbonyl (C=O) groups excluding carboxylic acids is 2. The lowest BCUT2D eigenvalue weighted by Crippen LogP contribution is -2.52. The Morgan fingerprint density at radius 1 is 1.07 bits per heavy atom. The van der Waals surface area contributed by atoms with E-state index in [1.54, 1.807) is 29.4 Å². The lowest BCUT2D eigenvalue weighted by molar-refractivity contribution is -0.135. The Labute approximate surface area is 165 Å². The molecule has 3 rings (SSSR count). The van der Waals surface area contributed by atoms with Gasteiger partial charge in [-0.1, -0.05) is 19.1 Å². The molecule has 0 unspecified atom stereocenters. The number of nitrogens with one attached hydrogen (secondary N) is 1. The molecule has 1 aliphatic rings. The van der Waals surface area contributed by atoms with Crippen molar-refractivity contribution in [2.24, 2.45) is 0 Å². The molecule has 2 aromatic rings. The second-order valence-corrected chi connectivity index (χ2v) is 7.35. The van der Waals surface area contributed by atoms with E-state index in [4.69, 9.17) is 0 Å². The van der Waals surface area contributed by atoms with E-state index in [1.807, 2.05) is 31.2 Å². The van der Waals surface area contributed by atoms with Crippen molar-refractivity contribution in [1.82, 2.24) is 15.2 Å². The average Bonchev–Trinajstić information content (AvgIpc) is 2.73. The van der Waals surface area contributed by atoms with Crippen LogP contribution in [0.25, 0.3) is 11.1 Å². The van der Waals surface area contributed by atoms with Crippen molar-refractivity contribution in [1.29, 1.82) is 0 Å². The number of piperidine rings is 1. The number of hydrogen-bond donors (Lipinski definition) is 2. The van der Waals surface area contributed by atoms with E-state index in [9.17, 15) is 14.7 Å². The van der Waals surface area contributed by atoms with Gasteiger partial charge >= 0.3 is 0 Å². The van der Waals surface area contributed by atoms with Crippen molar-refractivity contribution in [2.75, 3.05) is 19.6 Å². The SMILES string of the molecule is CCCC(=O)N1CCC(O)(CNC(=O)c2ccc(-c3ccncc3)cc2)CC1. The lowest BCUT2D eigenvalue weighted by atomic mass is 9.91. The minimum atomic E-state index is -0.963. The number of nitrogens with zero attached hydrogens (tertiary/aromatic N) is 2. The van der Waals surface area contributed by atoms with Gasteiger partial charge in [-0.25, -0.2) is 0 Å². The molecule has 1 saturated heterocycles. The molecule has 0 bridgehead atoms. The summed E-state index contributed by atoms with van der Waals surface area (Å²) in [6.07, 6.45) is 5.79. The van der Waals surface area contributed by atoms with Gasteiger partial charge in [0, 0.05) is 44.0 Å². The van der Waals surface area contributed by atoms with Crippen LogP contribution in [0, 0.1) is 0 Å². The molecule has 2 heterocycles. The van der Waals surface area contributed by atoms with Gasteiger partial charge in [0.1, 0.15) is 0 Å². The van der Waals surface area contributed by atoms with Gasteiger partial charge in [-0.3, -0.25) is 14.6 Å². The molecule has 0 spiro atoms. The van der Waals surface area contributed by atoms with Crippen LogP contribution in [0.2, 0.25) is 0 Å². The minimum Gasteiger partial charge on any atom is -0.388 e. The molecule has 6 heteroatoms. The summed E-state index contributed by atoms with van der Waals surface area (Å²) in [5, 5.41) is 13.6. The van der Waals surface area contributed by atoms with E-state index >= 15 is 0 Å². The van der Waals surface area contributed by atoms with Crippen LogP contribution in [0.5, 0.6) is 0 Å². The Kier molecular flexibility index (Phi) is 6.41. The average molecular weight is 381 g/mol. The van der Waals surface area contributed by atoms with Crippen LogP contribution in [0.4, 0.5) is 0 Å². The standard InChI is InChI=1S/C22H27N3O3/c1-2-3-20(26)25-14-10-22(28,11-15-25)16-24-21(27)19-6-4-17(5-7-19)18-8-12-23-13-9-18/h4-9,12-13,28H,2-3,10-11,14-16H2,1H3,(H,24,27). The molecule has 1 aromatic heterocycles. The van der Waals surface area contributed by atoms with E-state index in [0.29, 0.717) is 37.9 Å². The van der Waals surface area contributed by atoms with E-state index in [1.165, 1.54) is 0 Å². The van der Waals surface area contributed by atoms with E-state index in [-0.39, 0.29) is 18.4 Å². The van der Waals surface area contributed by atoms with E-state index < -0.39 is 5.60 Å². The summed E-state index contributed by atoms with van der Waals surface area (Å²) in [6, 6.07) is 11.2. The van der Waals surface area contributed by atoms with Gasteiger partial charge in [0.15, 0.2) is 0 Å². The maximum absolute atomic E-state index is 12.4. The Bertz CT molecular complexity index is 798.